The average molecular weight is 329 g/mol. The minimum atomic E-state index is -0.469. The molecular formula is C16H15N3O3S. The Morgan fingerprint density at radius 1 is 1.22 bits per heavy atom. The van der Waals surface area contributed by atoms with Crippen LogP contribution in [0.4, 0.5) is 0 Å². The van der Waals surface area contributed by atoms with Gasteiger partial charge in [-0.05, 0) is 18.1 Å². The summed E-state index contributed by atoms with van der Waals surface area (Å²) < 4.78 is 1.25. The molecule has 1 aliphatic heterocycles. The number of aromatic nitrogens is 2. The highest BCUT2D eigenvalue weighted by atomic mass is 32.2. The maximum Gasteiger partial charge on any atom is 0.272 e. The highest BCUT2D eigenvalue weighted by molar-refractivity contribution is 8.14. The zero-order valence-electron chi connectivity index (χ0n) is 12.3. The Labute approximate surface area is 136 Å². The largest absolute Gasteiger partial charge is 0.340 e. The number of thioether (sulfide) groups is 1. The number of amides is 1. The zero-order chi connectivity index (χ0) is 16.2. The van der Waals surface area contributed by atoms with Gasteiger partial charge in [0.2, 0.25) is 5.12 Å². The maximum atomic E-state index is 12.2. The standard InChI is InChI=1S/C16H15N3O3S/c20-14-7-6-12(15(21)17-13-8-9-23-16(13)22)18-19(14)10-11-4-2-1-3-5-11/h1-7,13H,8-10H2,(H,17,21). The molecule has 1 amide bonds. The fraction of sp³-hybridized carbons (Fsp3) is 0.250. The molecule has 0 saturated carbocycles. The SMILES string of the molecule is O=C(NC1CCSC1=O)c1ccc(=O)n(Cc2ccccc2)n1. The molecule has 2 heterocycles. The predicted molar refractivity (Wildman–Crippen MR) is 87.4 cm³/mol. The lowest BCUT2D eigenvalue weighted by molar-refractivity contribution is -0.112. The molecule has 1 fully saturated rings. The molecule has 0 bridgehead atoms. The van der Waals surface area contributed by atoms with E-state index < -0.39 is 11.9 Å². The van der Waals surface area contributed by atoms with Crippen molar-refractivity contribution >= 4 is 22.8 Å². The van der Waals surface area contributed by atoms with Crippen LogP contribution in [0.1, 0.15) is 22.5 Å². The second-order valence-corrected chi connectivity index (χ2v) is 6.28. The highest BCUT2D eigenvalue weighted by Gasteiger charge is 2.27. The molecule has 1 aromatic carbocycles. The third kappa shape index (κ3) is 3.68. The van der Waals surface area contributed by atoms with Crippen LogP contribution in [0.3, 0.4) is 0 Å². The number of nitrogens with one attached hydrogen (secondary N) is 1. The van der Waals surface area contributed by atoms with Crippen LogP contribution in [0, 0.1) is 0 Å². The van der Waals surface area contributed by atoms with Gasteiger partial charge in [0.1, 0.15) is 5.69 Å². The fourth-order valence-electron chi connectivity index (χ4n) is 2.30. The molecule has 1 aromatic heterocycles. The van der Waals surface area contributed by atoms with Gasteiger partial charge >= 0.3 is 0 Å². The number of carbonyl (C=O) groups is 2. The predicted octanol–water partition coefficient (Wildman–Crippen LogP) is 1.05. The van der Waals surface area contributed by atoms with Crippen molar-refractivity contribution in [3.05, 3.63) is 64.1 Å². The van der Waals surface area contributed by atoms with E-state index in [-0.39, 0.29) is 16.4 Å². The van der Waals surface area contributed by atoms with Crippen LogP contribution in [-0.4, -0.2) is 32.6 Å². The molecular weight excluding hydrogens is 314 g/mol. The van der Waals surface area contributed by atoms with Crippen molar-refractivity contribution in [1.29, 1.82) is 0 Å². The van der Waals surface area contributed by atoms with Crippen LogP contribution in [0.15, 0.2) is 47.3 Å². The highest BCUT2D eigenvalue weighted by Crippen LogP contribution is 2.19. The van der Waals surface area contributed by atoms with E-state index >= 15 is 0 Å². The Bertz CT molecular complexity index is 789. The molecule has 0 spiro atoms. The van der Waals surface area contributed by atoms with E-state index in [9.17, 15) is 14.4 Å². The summed E-state index contributed by atoms with van der Waals surface area (Å²) in [5, 5.41) is 6.75. The number of hydrogen-bond acceptors (Lipinski definition) is 5. The van der Waals surface area contributed by atoms with E-state index in [1.54, 1.807) is 0 Å². The minimum Gasteiger partial charge on any atom is -0.340 e. The first-order chi connectivity index (χ1) is 11.1. The van der Waals surface area contributed by atoms with Gasteiger partial charge in [-0.3, -0.25) is 14.4 Å². The molecule has 0 radical (unpaired) electrons. The summed E-state index contributed by atoms with van der Waals surface area (Å²) in [4.78, 5) is 35.7. The summed E-state index contributed by atoms with van der Waals surface area (Å²) in [6.07, 6.45) is 0.624. The van der Waals surface area contributed by atoms with Crippen molar-refractivity contribution < 1.29 is 9.59 Å². The Hall–Kier alpha value is -2.41. The Morgan fingerprint density at radius 3 is 2.70 bits per heavy atom. The first kappa shape index (κ1) is 15.5. The van der Waals surface area contributed by atoms with E-state index in [4.69, 9.17) is 0 Å². The summed E-state index contributed by atoms with van der Waals surface area (Å²) in [5.41, 5.74) is 0.769. The molecule has 6 nitrogen and oxygen atoms in total. The quantitative estimate of drug-likeness (QED) is 0.907. The monoisotopic (exact) mass is 329 g/mol. The first-order valence-electron chi connectivity index (χ1n) is 7.23. The van der Waals surface area contributed by atoms with E-state index in [0.29, 0.717) is 18.7 Å². The second-order valence-electron chi connectivity index (χ2n) is 5.18. The van der Waals surface area contributed by atoms with Gasteiger partial charge in [0.25, 0.3) is 11.5 Å². The Morgan fingerprint density at radius 2 is 2.00 bits per heavy atom. The Balaban J connectivity index is 1.78. The number of rotatable bonds is 4. The van der Waals surface area contributed by atoms with Crippen LogP contribution < -0.4 is 10.9 Å². The zero-order valence-corrected chi connectivity index (χ0v) is 13.1. The molecule has 23 heavy (non-hydrogen) atoms. The van der Waals surface area contributed by atoms with Crippen LogP contribution >= 0.6 is 11.8 Å². The van der Waals surface area contributed by atoms with Crippen molar-refractivity contribution in [2.24, 2.45) is 0 Å². The summed E-state index contributed by atoms with van der Waals surface area (Å²) >= 11 is 1.22. The lowest BCUT2D eigenvalue weighted by atomic mass is 10.2. The van der Waals surface area contributed by atoms with Crippen molar-refractivity contribution in [1.82, 2.24) is 15.1 Å². The van der Waals surface area contributed by atoms with E-state index in [1.165, 1.54) is 28.6 Å². The van der Waals surface area contributed by atoms with Crippen molar-refractivity contribution in [3.8, 4) is 0 Å². The summed E-state index contributed by atoms with van der Waals surface area (Å²) in [6, 6.07) is 11.6. The van der Waals surface area contributed by atoms with Gasteiger partial charge in [0.15, 0.2) is 0 Å². The average Bonchev–Trinajstić information content (AvgIpc) is 2.95. The van der Waals surface area contributed by atoms with Gasteiger partial charge in [-0.15, -0.1) is 0 Å². The number of hydrogen-bond donors (Lipinski definition) is 1. The molecule has 1 N–H and O–H groups in total. The van der Waals surface area contributed by atoms with Crippen LogP contribution in [0.25, 0.3) is 0 Å². The summed E-state index contributed by atoms with van der Waals surface area (Å²) in [7, 11) is 0. The maximum absolute atomic E-state index is 12.2. The van der Waals surface area contributed by atoms with E-state index in [1.807, 2.05) is 30.3 Å². The van der Waals surface area contributed by atoms with Crippen molar-refractivity contribution in [2.45, 2.75) is 19.0 Å². The van der Waals surface area contributed by atoms with Gasteiger partial charge in [0.05, 0.1) is 12.6 Å². The molecule has 1 atom stereocenters. The lowest BCUT2D eigenvalue weighted by Gasteiger charge is -2.11. The number of nitrogens with zero attached hydrogens (tertiary/aromatic N) is 2. The molecule has 3 rings (SSSR count). The molecule has 1 saturated heterocycles. The van der Waals surface area contributed by atoms with Crippen molar-refractivity contribution in [3.63, 3.8) is 0 Å². The second kappa shape index (κ2) is 6.78. The van der Waals surface area contributed by atoms with Gasteiger partial charge in [0, 0.05) is 11.8 Å². The first-order valence-corrected chi connectivity index (χ1v) is 8.21. The summed E-state index contributed by atoms with van der Waals surface area (Å²) in [6.45, 7) is 0.291. The normalized spacial score (nSPS) is 17.2. The number of carbonyl (C=O) groups excluding carboxylic acids is 2. The molecule has 1 unspecified atom stereocenters. The van der Waals surface area contributed by atoms with Crippen molar-refractivity contribution in [2.75, 3.05) is 5.75 Å². The molecule has 0 aliphatic carbocycles. The van der Waals surface area contributed by atoms with Gasteiger partial charge < -0.3 is 5.32 Å². The van der Waals surface area contributed by atoms with E-state index in [0.717, 1.165) is 5.56 Å². The molecule has 118 valence electrons. The third-order valence-electron chi connectivity index (χ3n) is 3.52. The number of benzene rings is 1. The van der Waals surface area contributed by atoms with Gasteiger partial charge in [-0.25, -0.2) is 4.68 Å². The van der Waals surface area contributed by atoms with E-state index in [2.05, 4.69) is 10.4 Å². The molecule has 2 aromatic rings. The lowest BCUT2D eigenvalue weighted by Crippen LogP contribution is -2.38. The Kier molecular flexibility index (Phi) is 4.57. The van der Waals surface area contributed by atoms with Crippen LogP contribution in [-0.2, 0) is 11.3 Å². The van der Waals surface area contributed by atoms with Crippen LogP contribution in [0.5, 0.6) is 0 Å². The third-order valence-corrected chi connectivity index (χ3v) is 4.52. The summed E-state index contributed by atoms with van der Waals surface area (Å²) in [5.74, 6) is 0.276. The topological polar surface area (TPSA) is 81.1 Å². The van der Waals surface area contributed by atoms with Gasteiger partial charge in [-0.2, -0.15) is 5.10 Å². The minimum absolute atomic E-state index is 0.0315. The smallest absolute Gasteiger partial charge is 0.272 e. The molecule has 7 heteroatoms. The van der Waals surface area contributed by atoms with Crippen LogP contribution in [0.2, 0.25) is 0 Å². The van der Waals surface area contributed by atoms with Gasteiger partial charge in [-0.1, -0.05) is 42.1 Å². The fourth-order valence-corrected chi connectivity index (χ4v) is 3.23. The molecule has 1 aliphatic rings.